The first-order valence-electron chi connectivity index (χ1n) is 5.90. The predicted octanol–water partition coefficient (Wildman–Crippen LogP) is 2.83. The minimum absolute atomic E-state index is 0.106. The van der Waals surface area contributed by atoms with Gasteiger partial charge >= 0.3 is 0 Å². The van der Waals surface area contributed by atoms with Gasteiger partial charge in [-0.15, -0.1) is 0 Å². The van der Waals surface area contributed by atoms with Gasteiger partial charge in [0.25, 0.3) is 0 Å². The minimum atomic E-state index is -3.65. The van der Waals surface area contributed by atoms with E-state index in [1.165, 1.54) is 13.2 Å². The van der Waals surface area contributed by atoms with Gasteiger partial charge in [0.1, 0.15) is 10.6 Å². The lowest BCUT2D eigenvalue weighted by molar-refractivity contribution is 0.402. The van der Waals surface area contributed by atoms with Gasteiger partial charge in [-0.3, -0.25) is 0 Å². The molecule has 20 heavy (non-hydrogen) atoms. The molecule has 0 fully saturated rings. The van der Waals surface area contributed by atoms with Crippen molar-refractivity contribution < 1.29 is 13.2 Å². The van der Waals surface area contributed by atoms with Crippen LogP contribution in [0.15, 0.2) is 53.4 Å². The van der Waals surface area contributed by atoms with Crippen LogP contribution in [-0.4, -0.2) is 15.5 Å². The maximum atomic E-state index is 12.3. The molecule has 1 N–H and O–H groups in total. The van der Waals surface area contributed by atoms with E-state index >= 15 is 0 Å². The van der Waals surface area contributed by atoms with Gasteiger partial charge in [0.05, 0.1) is 7.11 Å². The summed E-state index contributed by atoms with van der Waals surface area (Å²) in [4.78, 5) is 0.106. The van der Waals surface area contributed by atoms with Gasteiger partial charge in [-0.25, -0.2) is 13.1 Å². The molecule has 2 rings (SSSR count). The molecule has 0 aliphatic carbocycles. The fraction of sp³-hybridized carbons (Fsp3) is 0.143. The second-order valence-electron chi connectivity index (χ2n) is 4.07. The zero-order chi connectivity index (χ0) is 14.6. The molecule has 6 heteroatoms. The number of halogens is 1. The lowest BCUT2D eigenvalue weighted by atomic mass is 10.2. The Morgan fingerprint density at radius 2 is 1.75 bits per heavy atom. The Kier molecular flexibility index (Phi) is 4.65. The third kappa shape index (κ3) is 3.30. The number of hydrogen-bond acceptors (Lipinski definition) is 3. The zero-order valence-electron chi connectivity index (χ0n) is 10.8. The molecular formula is C14H14ClNO3S. The van der Waals surface area contributed by atoms with Crippen LogP contribution in [0.1, 0.15) is 5.56 Å². The molecule has 0 saturated heterocycles. The second-order valence-corrected chi connectivity index (χ2v) is 6.21. The Balaban J connectivity index is 2.22. The second kappa shape index (κ2) is 6.26. The number of nitrogens with one attached hydrogen (secondary N) is 1. The molecule has 0 spiro atoms. The van der Waals surface area contributed by atoms with Crippen molar-refractivity contribution in [3.05, 3.63) is 59.1 Å². The average Bonchev–Trinajstić information content (AvgIpc) is 2.46. The summed E-state index contributed by atoms with van der Waals surface area (Å²) in [5, 5.41) is 0.523. The van der Waals surface area contributed by atoms with Crippen LogP contribution in [0.5, 0.6) is 5.75 Å². The largest absolute Gasteiger partial charge is 0.495 e. The topological polar surface area (TPSA) is 55.4 Å². The maximum absolute atomic E-state index is 12.3. The summed E-state index contributed by atoms with van der Waals surface area (Å²) in [6, 6.07) is 13.5. The highest BCUT2D eigenvalue weighted by Gasteiger charge is 2.18. The van der Waals surface area contributed by atoms with Gasteiger partial charge in [-0.2, -0.15) is 0 Å². The highest BCUT2D eigenvalue weighted by atomic mass is 35.5. The van der Waals surface area contributed by atoms with E-state index < -0.39 is 10.0 Å². The lowest BCUT2D eigenvalue weighted by Crippen LogP contribution is -2.23. The summed E-state index contributed by atoms with van der Waals surface area (Å²) in [6.07, 6.45) is 0. The van der Waals surface area contributed by atoms with Crippen LogP contribution in [0.3, 0.4) is 0 Å². The molecule has 2 aromatic carbocycles. The molecule has 2 aromatic rings. The van der Waals surface area contributed by atoms with Crippen LogP contribution in [-0.2, 0) is 16.6 Å². The molecule has 0 amide bonds. The first kappa shape index (κ1) is 14.8. The first-order valence-corrected chi connectivity index (χ1v) is 7.77. The fourth-order valence-corrected chi connectivity index (χ4v) is 3.11. The van der Waals surface area contributed by atoms with Gasteiger partial charge < -0.3 is 4.74 Å². The van der Waals surface area contributed by atoms with E-state index in [-0.39, 0.29) is 11.4 Å². The number of ether oxygens (including phenoxy) is 1. The van der Waals surface area contributed by atoms with Gasteiger partial charge in [-0.1, -0.05) is 41.9 Å². The van der Waals surface area contributed by atoms with Crippen LogP contribution in [0.25, 0.3) is 0 Å². The number of sulfonamides is 1. The maximum Gasteiger partial charge on any atom is 0.244 e. The number of methoxy groups -OCH3 is 1. The molecule has 0 heterocycles. The molecule has 0 atom stereocenters. The average molecular weight is 312 g/mol. The predicted molar refractivity (Wildman–Crippen MR) is 78.5 cm³/mol. The molecule has 0 aliphatic rings. The van der Waals surface area contributed by atoms with E-state index in [9.17, 15) is 8.42 Å². The molecule has 0 saturated carbocycles. The van der Waals surface area contributed by atoms with E-state index in [0.29, 0.717) is 16.3 Å². The Hall–Kier alpha value is -1.56. The number of benzene rings is 2. The smallest absolute Gasteiger partial charge is 0.244 e. The lowest BCUT2D eigenvalue weighted by Gasteiger charge is -2.11. The minimum Gasteiger partial charge on any atom is -0.495 e. The highest BCUT2D eigenvalue weighted by molar-refractivity contribution is 7.89. The van der Waals surface area contributed by atoms with E-state index in [2.05, 4.69) is 4.72 Å². The van der Waals surface area contributed by atoms with Crippen LogP contribution in [0.2, 0.25) is 5.02 Å². The molecule has 0 aromatic heterocycles. The summed E-state index contributed by atoms with van der Waals surface area (Å²) in [6.45, 7) is 0.125. The van der Waals surface area contributed by atoms with Gasteiger partial charge in [0.2, 0.25) is 10.0 Å². The van der Waals surface area contributed by atoms with Gasteiger partial charge in [-0.05, 0) is 23.8 Å². The Morgan fingerprint density at radius 3 is 2.45 bits per heavy atom. The number of rotatable bonds is 5. The van der Waals surface area contributed by atoms with Crippen LogP contribution in [0.4, 0.5) is 0 Å². The van der Waals surface area contributed by atoms with Gasteiger partial charge in [0, 0.05) is 11.6 Å². The molecule has 0 unspecified atom stereocenters. The van der Waals surface area contributed by atoms with Crippen molar-refractivity contribution >= 4 is 21.6 Å². The van der Waals surface area contributed by atoms with Crippen molar-refractivity contribution in [1.29, 1.82) is 0 Å². The molecule has 4 nitrogen and oxygen atoms in total. The zero-order valence-corrected chi connectivity index (χ0v) is 12.4. The summed E-state index contributed by atoms with van der Waals surface area (Å²) in [5.41, 5.74) is 0.715. The summed E-state index contributed by atoms with van der Waals surface area (Å²) in [5.74, 6) is 0.305. The van der Waals surface area contributed by atoms with E-state index in [1.807, 2.05) is 0 Å². The van der Waals surface area contributed by atoms with Crippen molar-refractivity contribution in [2.24, 2.45) is 0 Å². The third-order valence-corrected chi connectivity index (χ3v) is 4.58. The summed E-state index contributed by atoms with van der Waals surface area (Å²) >= 11 is 6.00. The van der Waals surface area contributed by atoms with E-state index in [0.717, 1.165) is 0 Å². The fourth-order valence-electron chi connectivity index (χ4n) is 1.73. The highest BCUT2D eigenvalue weighted by Crippen LogP contribution is 2.23. The first-order chi connectivity index (χ1) is 9.54. The van der Waals surface area contributed by atoms with E-state index in [1.54, 1.807) is 42.5 Å². The molecule has 0 radical (unpaired) electrons. The third-order valence-electron chi connectivity index (χ3n) is 2.77. The van der Waals surface area contributed by atoms with Gasteiger partial charge in [0.15, 0.2) is 0 Å². The van der Waals surface area contributed by atoms with Crippen molar-refractivity contribution in [3.8, 4) is 5.75 Å². The van der Waals surface area contributed by atoms with Crippen molar-refractivity contribution in [3.63, 3.8) is 0 Å². The van der Waals surface area contributed by atoms with E-state index in [4.69, 9.17) is 16.3 Å². The number of para-hydroxylation sites is 1. The number of hydrogen-bond donors (Lipinski definition) is 1. The standard InChI is InChI=1S/C14H14ClNO3S/c1-19-13-8-4-5-9-14(13)20(17,18)16-10-11-6-2-3-7-12(11)15/h2-9,16H,10H2,1H3. The molecule has 0 bridgehead atoms. The molecule has 0 aliphatic heterocycles. The summed E-state index contributed by atoms with van der Waals surface area (Å²) < 4.78 is 32.1. The quantitative estimate of drug-likeness (QED) is 0.924. The molecular weight excluding hydrogens is 298 g/mol. The van der Waals surface area contributed by atoms with Crippen molar-refractivity contribution in [2.75, 3.05) is 7.11 Å². The Bertz CT molecular complexity index is 701. The monoisotopic (exact) mass is 311 g/mol. The SMILES string of the molecule is COc1ccccc1S(=O)(=O)NCc1ccccc1Cl. The normalized spacial score (nSPS) is 11.3. The van der Waals surface area contributed by atoms with Crippen LogP contribution in [0, 0.1) is 0 Å². The van der Waals surface area contributed by atoms with Crippen LogP contribution >= 0.6 is 11.6 Å². The Morgan fingerprint density at radius 1 is 1.10 bits per heavy atom. The van der Waals surface area contributed by atoms with Crippen molar-refractivity contribution in [2.45, 2.75) is 11.4 Å². The summed E-state index contributed by atoms with van der Waals surface area (Å²) in [7, 11) is -2.22. The van der Waals surface area contributed by atoms with Crippen molar-refractivity contribution in [1.82, 2.24) is 4.72 Å². The molecule has 106 valence electrons. The van der Waals surface area contributed by atoms with Crippen LogP contribution < -0.4 is 9.46 Å². The Labute approximate surface area is 123 Å².